The van der Waals surface area contributed by atoms with Crippen molar-refractivity contribution in [2.75, 3.05) is 25.2 Å². The van der Waals surface area contributed by atoms with Gasteiger partial charge in [-0.25, -0.2) is 9.78 Å². The van der Waals surface area contributed by atoms with Crippen LogP contribution in [0.25, 0.3) is 0 Å². The smallest absolute Gasteiger partial charge is 0.344 e. The van der Waals surface area contributed by atoms with Gasteiger partial charge in [-0.15, -0.1) is 11.3 Å². The van der Waals surface area contributed by atoms with Crippen LogP contribution >= 0.6 is 11.3 Å². The maximum absolute atomic E-state index is 11.8. The second-order valence-electron chi connectivity index (χ2n) is 4.98. The summed E-state index contributed by atoms with van der Waals surface area (Å²) in [4.78, 5) is 29.2. The summed E-state index contributed by atoms with van der Waals surface area (Å²) in [5, 5.41) is 2.35. The van der Waals surface area contributed by atoms with Gasteiger partial charge < -0.3 is 14.2 Å². The van der Waals surface area contributed by atoms with Crippen molar-refractivity contribution in [1.82, 2.24) is 4.98 Å². The first kappa shape index (κ1) is 18.7. The Morgan fingerprint density at radius 1 is 1.24 bits per heavy atom. The SMILES string of the molecule is CCN(C(C)=O)c1nc(COC(=O)COc2ccccc2OC)cs1. The van der Waals surface area contributed by atoms with Gasteiger partial charge in [-0.1, -0.05) is 12.1 Å². The fraction of sp³-hybridized carbons (Fsp3) is 0.353. The summed E-state index contributed by atoms with van der Waals surface area (Å²) in [5.74, 6) is 0.422. The number of thiazole rings is 1. The third-order valence-electron chi connectivity index (χ3n) is 3.26. The number of aromatic nitrogens is 1. The van der Waals surface area contributed by atoms with Crippen molar-refractivity contribution in [2.45, 2.75) is 20.5 Å². The molecule has 8 heteroatoms. The van der Waals surface area contributed by atoms with Gasteiger partial charge in [0.25, 0.3) is 0 Å². The highest BCUT2D eigenvalue weighted by molar-refractivity contribution is 7.14. The monoisotopic (exact) mass is 364 g/mol. The molecule has 7 nitrogen and oxygen atoms in total. The molecule has 0 N–H and O–H groups in total. The molecule has 0 radical (unpaired) electrons. The van der Waals surface area contributed by atoms with E-state index in [0.717, 1.165) is 0 Å². The van der Waals surface area contributed by atoms with Crippen LogP contribution in [0.4, 0.5) is 5.13 Å². The van der Waals surface area contributed by atoms with E-state index in [-0.39, 0.29) is 19.1 Å². The molecule has 25 heavy (non-hydrogen) atoms. The molecule has 0 bridgehead atoms. The number of nitrogens with zero attached hydrogens (tertiary/aromatic N) is 2. The Labute approximate surface area is 150 Å². The van der Waals surface area contributed by atoms with Crippen LogP contribution < -0.4 is 14.4 Å². The van der Waals surface area contributed by atoms with E-state index in [9.17, 15) is 9.59 Å². The topological polar surface area (TPSA) is 78.0 Å². The molecule has 0 fully saturated rings. The highest BCUT2D eigenvalue weighted by Crippen LogP contribution is 2.25. The number of para-hydroxylation sites is 2. The van der Waals surface area contributed by atoms with E-state index in [1.54, 1.807) is 28.5 Å². The molecule has 0 unspecified atom stereocenters. The number of carbonyl (C=O) groups is 2. The van der Waals surface area contributed by atoms with E-state index in [2.05, 4.69) is 4.98 Å². The first-order chi connectivity index (χ1) is 12.0. The number of hydrogen-bond acceptors (Lipinski definition) is 7. The number of ether oxygens (including phenoxy) is 3. The van der Waals surface area contributed by atoms with Crippen LogP contribution in [-0.4, -0.2) is 37.1 Å². The Morgan fingerprint density at radius 2 is 1.96 bits per heavy atom. The normalized spacial score (nSPS) is 10.2. The standard InChI is InChI=1S/C17H20N2O5S/c1-4-19(12(2)20)17-18-13(11-25-17)9-24-16(21)10-23-15-8-6-5-7-14(15)22-3/h5-8,11H,4,9-10H2,1-3H3. The average Bonchev–Trinajstić information content (AvgIpc) is 3.07. The lowest BCUT2D eigenvalue weighted by molar-refractivity contribution is -0.147. The molecule has 2 aromatic rings. The Kier molecular flexibility index (Phi) is 6.76. The third kappa shape index (κ3) is 5.18. The molecule has 2 rings (SSSR count). The Balaban J connectivity index is 1.84. The molecular weight excluding hydrogens is 344 g/mol. The minimum Gasteiger partial charge on any atom is -0.493 e. The van der Waals surface area contributed by atoms with E-state index in [1.165, 1.54) is 25.4 Å². The number of esters is 1. The molecule has 1 heterocycles. The van der Waals surface area contributed by atoms with E-state index in [1.807, 2.05) is 13.0 Å². The van der Waals surface area contributed by atoms with E-state index < -0.39 is 5.97 Å². The summed E-state index contributed by atoms with van der Waals surface area (Å²) in [6, 6.07) is 7.05. The lowest BCUT2D eigenvalue weighted by atomic mass is 10.3. The van der Waals surface area contributed by atoms with Gasteiger partial charge in [0.15, 0.2) is 23.2 Å². The molecule has 0 atom stereocenters. The molecule has 0 saturated carbocycles. The summed E-state index contributed by atoms with van der Waals surface area (Å²) in [6.07, 6.45) is 0. The van der Waals surface area contributed by atoms with Crippen molar-refractivity contribution in [3.8, 4) is 11.5 Å². The molecule has 0 aliphatic rings. The van der Waals surface area contributed by atoms with Crippen molar-refractivity contribution in [2.24, 2.45) is 0 Å². The zero-order chi connectivity index (χ0) is 18.2. The van der Waals surface area contributed by atoms with Gasteiger partial charge >= 0.3 is 5.97 Å². The number of carbonyl (C=O) groups excluding carboxylic acids is 2. The summed E-state index contributed by atoms with van der Waals surface area (Å²) in [6.45, 7) is 3.69. The summed E-state index contributed by atoms with van der Waals surface area (Å²) < 4.78 is 15.7. The van der Waals surface area contributed by atoms with E-state index >= 15 is 0 Å². The predicted octanol–water partition coefficient (Wildman–Crippen LogP) is 2.65. The molecule has 0 aliphatic heterocycles. The van der Waals surface area contributed by atoms with E-state index in [0.29, 0.717) is 28.9 Å². The zero-order valence-corrected chi connectivity index (χ0v) is 15.2. The largest absolute Gasteiger partial charge is 0.493 e. The predicted molar refractivity (Wildman–Crippen MR) is 94.1 cm³/mol. The van der Waals surface area contributed by atoms with Gasteiger partial charge in [0, 0.05) is 18.8 Å². The van der Waals surface area contributed by atoms with Crippen molar-refractivity contribution >= 4 is 28.3 Å². The van der Waals surface area contributed by atoms with E-state index in [4.69, 9.17) is 14.2 Å². The van der Waals surface area contributed by atoms with Gasteiger partial charge in [-0.05, 0) is 19.1 Å². The summed E-state index contributed by atoms with van der Waals surface area (Å²) in [7, 11) is 1.53. The van der Waals surface area contributed by atoms with Gasteiger partial charge in [0.05, 0.1) is 12.8 Å². The Morgan fingerprint density at radius 3 is 2.60 bits per heavy atom. The van der Waals surface area contributed by atoms with Crippen LogP contribution in [0.2, 0.25) is 0 Å². The lowest BCUT2D eigenvalue weighted by Crippen LogP contribution is -2.27. The fourth-order valence-corrected chi connectivity index (χ4v) is 2.97. The molecule has 1 amide bonds. The molecule has 1 aromatic heterocycles. The molecule has 0 saturated heterocycles. The summed E-state index contributed by atoms with van der Waals surface area (Å²) >= 11 is 1.33. The number of anilines is 1. The number of methoxy groups -OCH3 is 1. The Hall–Kier alpha value is -2.61. The minimum atomic E-state index is -0.514. The summed E-state index contributed by atoms with van der Waals surface area (Å²) in [5.41, 5.74) is 0.588. The molecule has 1 aromatic carbocycles. The first-order valence-electron chi connectivity index (χ1n) is 7.69. The molecule has 0 spiro atoms. The first-order valence-corrected chi connectivity index (χ1v) is 8.57. The van der Waals surface area contributed by atoms with Crippen LogP contribution in [0.1, 0.15) is 19.5 Å². The van der Waals surface area contributed by atoms with Gasteiger partial charge in [0.2, 0.25) is 5.91 Å². The maximum atomic E-state index is 11.8. The average molecular weight is 364 g/mol. The van der Waals surface area contributed by atoms with Crippen LogP contribution in [0.15, 0.2) is 29.6 Å². The number of benzene rings is 1. The maximum Gasteiger partial charge on any atom is 0.344 e. The lowest BCUT2D eigenvalue weighted by Gasteiger charge is -2.14. The number of hydrogen-bond donors (Lipinski definition) is 0. The van der Waals surface area contributed by atoms with Crippen LogP contribution in [-0.2, 0) is 20.9 Å². The molecule has 134 valence electrons. The van der Waals surface area contributed by atoms with Crippen LogP contribution in [0.5, 0.6) is 11.5 Å². The van der Waals surface area contributed by atoms with Crippen molar-refractivity contribution in [3.63, 3.8) is 0 Å². The van der Waals surface area contributed by atoms with Crippen LogP contribution in [0, 0.1) is 0 Å². The third-order valence-corrected chi connectivity index (χ3v) is 4.17. The van der Waals surface area contributed by atoms with Crippen molar-refractivity contribution in [1.29, 1.82) is 0 Å². The number of rotatable bonds is 8. The second kappa shape index (κ2) is 9.03. The molecule has 0 aliphatic carbocycles. The van der Waals surface area contributed by atoms with Crippen molar-refractivity contribution < 1.29 is 23.8 Å². The number of amides is 1. The Bertz CT molecular complexity index is 731. The second-order valence-corrected chi connectivity index (χ2v) is 5.82. The fourth-order valence-electron chi connectivity index (χ4n) is 2.05. The zero-order valence-electron chi connectivity index (χ0n) is 14.4. The highest BCUT2D eigenvalue weighted by Gasteiger charge is 2.14. The quantitative estimate of drug-likeness (QED) is 0.670. The minimum absolute atomic E-state index is 0.0279. The molecular formula is C17H20N2O5S. The van der Waals surface area contributed by atoms with Gasteiger partial charge in [0.1, 0.15) is 6.61 Å². The van der Waals surface area contributed by atoms with Crippen LogP contribution in [0.3, 0.4) is 0 Å². The van der Waals surface area contributed by atoms with Gasteiger partial charge in [-0.2, -0.15) is 0 Å². The van der Waals surface area contributed by atoms with Gasteiger partial charge in [-0.3, -0.25) is 9.69 Å². The highest BCUT2D eigenvalue weighted by atomic mass is 32.1. The van der Waals surface area contributed by atoms with Crippen molar-refractivity contribution in [3.05, 3.63) is 35.3 Å².